The Bertz CT molecular complexity index is 487. The Hall–Kier alpha value is -1.22. The minimum absolute atomic E-state index is 0.198. The summed E-state index contributed by atoms with van der Waals surface area (Å²) in [5.74, 6) is 1.93. The maximum Gasteiger partial charge on any atom is 0.142 e. The number of ketones is 1. The summed E-state index contributed by atoms with van der Waals surface area (Å²) in [5.41, 5.74) is 3.33. The van der Waals surface area contributed by atoms with Gasteiger partial charge in [-0.05, 0) is 13.3 Å². The second-order valence-corrected chi connectivity index (χ2v) is 5.18. The fourth-order valence-electron chi connectivity index (χ4n) is 2.71. The third kappa shape index (κ3) is 1.77. The quantitative estimate of drug-likeness (QED) is 0.844. The van der Waals surface area contributed by atoms with E-state index in [0.717, 1.165) is 47.5 Å². The second kappa shape index (κ2) is 4.47. The summed E-state index contributed by atoms with van der Waals surface area (Å²) in [6.07, 6.45) is 2.96. The van der Waals surface area contributed by atoms with Gasteiger partial charge in [-0.15, -0.1) is 0 Å². The maximum absolute atomic E-state index is 11.2. The molecule has 1 aromatic carbocycles. The van der Waals surface area contributed by atoms with E-state index >= 15 is 0 Å². The van der Waals surface area contributed by atoms with Crippen LogP contribution in [-0.4, -0.2) is 19.0 Å². The smallest absolute Gasteiger partial charge is 0.142 e. The predicted molar refractivity (Wildman–Crippen MR) is 68.9 cm³/mol. The summed E-state index contributed by atoms with van der Waals surface area (Å²) >= 11 is 6.36. The zero-order valence-corrected chi connectivity index (χ0v) is 11.1. The molecule has 0 aliphatic carbocycles. The van der Waals surface area contributed by atoms with Gasteiger partial charge < -0.3 is 14.3 Å². The van der Waals surface area contributed by atoms with Gasteiger partial charge >= 0.3 is 0 Å². The van der Waals surface area contributed by atoms with Crippen LogP contribution in [0.2, 0.25) is 5.02 Å². The Labute approximate surface area is 111 Å². The van der Waals surface area contributed by atoms with Crippen molar-refractivity contribution in [1.29, 1.82) is 0 Å². The van der Waals surface area contributed by atoms with Gasteiger partial charge in [0.25, 0.3) is 0 Å². The standard InChI is InChI=1S/C14H15ClO3/c1-8(16)2-3-9-10-4-6-18-14(10)12(15)11-5-7-17-13(9)11/h2-7H2,1H3. The van der Waals surface area contributed by atoms with Crippen molar-refractivity contribution in [3.8, 4) is 11.5 Å². The molecule has 18 heavy (non-hydrogen) atoms. The van der Waals surface area contributed by atoms with E-state index < -0.39 is 0 Å². The Morgan fingerprint density at radius 3 is 2.56 bits per heavy atom. The van der Waals surface area contributed by atoms with Crippen molar-refractivity contribution in [3.05, 3.63) is 21.7 Å². The molecule has 0 fully saturated rings. The van der Waals surface area contributed by atoms with E-state index in [-0.39, 0.29) is 5.78 Å². The Balaban J connectivity index is 2.09. The van der Waals surface area contributed by atoms with Crippen molar-refractivity contribution in [3.63, 3.8) is 0 Å². The minimum atomic E-state index is 0.198. The molecule has 3 nitrogen and oxygen atoms in total. The number of carbonyl (C=O) groups excluding carboxylic acids is 1. The van der Waals surface area contributed by atoms with E-state index in [4.69, 9.17) is 21.1 Å². The highest BCUT2D eigenvalue weighted by Gasteiger charge is 2.30. The number of carbonyl (C=O) groups is 1. The highest BCUT2D eigenvalue weighted by atomic mass is 35.5. The fraction of sp³-hybridized carbons (Fsp3) is 0.500. The predicted octanol–water partition coefficient (Wildman–Crippen LogP) is 2.73. The number of halogens is 1. The van der Waals surface area contributed by atoms with Crippen LogP contribution in [0.3, 0.4) is 0 Å². The number of benzene rings is 1. The first-order chi connectivity index (χ1) is 8.68. The maximum atomic E-state index is 11.2. The van der Waals surface area contributed by atoms with E-state index in [1.165, 1.54) is 0 Å². The lowest BCUT2D eigenvalue weighted by molar-refractivity contribution is -0.116. The van der Waals surface area contributed by atoms with Crippen LogP contribution in [0.5, 0.6) is 11.5 Å². The molecule has 2 aliphatic rings. The molecule has 0 amide bonds. The van der Waals surface area contributed by atoms with Crippen LogP contribution in [0, 0.1) is 0 Å². The molecule has 0 aromatic heterocycles. The lowest BCUT2D eigenvalue weighted by Crippen LogP contribution is -2.01. The molecule has 0 N–H and O–H groups in total. The SMILES string of the molecule is CC(=O)CCc1c2c(c(Cl)c3c1OCC3)OCC2. The van der Waals surface area contributed by atoms with E-state index in [9.17, 15) is 4.79 Å². The van der Waals surface area contributed by atoms with Crippen LogP contribution < -0.4 is 9.47 Å². The third-order valence-electron chi connectivity index (χ3n) is 3.57. The average molecular weight is 267 g/mol. The molecule has 0 spiro atoms. The summed E-state index contributed by atoms with van der Waals surface area (Å²) in [6.45, 7) is 2.96. The minimum Gasteiger partial charge on any atom is -0.493 e. The third-order valence-corrected chi connectivity index (χ3v) is 3.97. The number of rotatable bonds is 3. The summed E-state index contributed by atoms with van der Waals surface area (Å²) in [5, 5.41) is 0.710. The first-order valence-electron chi connectivity index (χ1n) is 6.29. The van der Waals surface area contributed by atoms with Crippen LogP contribution >= 0.6 is 11.6 Å². The topological polar surface area (TPSA) is 35.5 Å². The van der Waals surface area contributed by atoms with E-state index in [1.807, 2.05) is 0 Å². The zero-order chi connectivity index (χ0) is 12.7. The molecular weight excluding hydrogens is 252 g/mol. The molecule has 0 bridgehead atoms. The number of hydrogen-bond acceptors (Lipinski definition) is 3. The van der Waals surface area contributed by atoms with Gasteiger partial charge in [-0.1, -0.05) is 11.6 Å². The second-order valence-electron chi connectivity index (χ2n) is 4.81. The molecular formula is C14H15ClO3. The zero-order valence-electron chi connectivity index (χ0n) is 10.3. The molecule has 0 saturated heterocycles. The van der Waals surface area contributed by atoms with Gasteiger partial charge in [0.2, 0.25) is 0 Å². The first-order valence-corrected chi connectivity index (χ1v) is 6.67. The van der Waals surface area contributed by atoms with Crippen molar-refractivity contribution in [2.45, 2.75) is 32.6 Å². The molecule has 2 heterocycles. The van der Waals surface area contributed by atoms with Gasteiger partial charge in [0.15, 0.2) is 0 Å². The van der Waals surface area contributed by atoms with Crippen LogP contribution in [0.4, 0.5) is 0 Å². The molecule has 96 valence electrons. The Morgan fingerprint density at radius 2 is 1.83 bits per heavy atom. The molecule has 0 saturated carbocycles. The number of Topliss-reactive ketones (excluding diaryl/α,β-unsaturated/α-hetero) is 1. The first kappa shape index (κ1) is 11.8. The molecule has 1 aromatic rings. The highest BCUT2D eigenvalue weighted by Crippen LogP contribution is 2.47. The van der Waals surface area contributed by atoms with Gasteiger partial charge in [-0.3, -0.25) is 0 Å². The summed E-state index contributed by atoms with van der Waals surface area (Å²) in [4.78, 5) is 11.2. The monoisotopic (exact) mass is 266 g/mol. The van der Waals surface area contributed by atoms with Crippen LogP contribution in [0.25, 0.3) is 0 Å². The largest absolute Gasteiger partial charge is 0.493 e. The molecule has 0 radical (unpaired) electrons. The normalized spacial score (nSPS) is 15.9. The average Bonchev–Trinajstić information content (AvgIpc) is 2.95. The lowest BCUT2D eigenvalue weighted by Gasteiger charge is -2.14. The van der Waals surface area contributed by atoms with Crippen molar-refractivity contribution in [1.82, 2.24) is 0 Å². The Morgan fingerprint density at radius 1 is 1.17 bits per heavy atom. The van der Waals surface area contributed by atoms with E-state index in [0.29, 0.717) is 24.7 Å². The summed E-state index contributed by atoms with van der Waals surface area (Å²) in [7, 11) is 0. The van der Waals surface area contributed by atoms with Gasteiger partial charge in [-0.2, -0.15) is 0 Å². The molecule has 4 heteroatoms. The van der Waals surface area contributed by atoms with Gasteiger partial charge in [0, 0.05) is 36.0 Å². The fourth-order valence-corrected chi connectivity index (χ4v) is 3.06. The molecule has 0 unspecified atom stereocenters. The van der Waals surface area contributed by atoms with Crippen molar-refractivity contribution in [2.75, 3.05) is 13.2 Å². The molecule has 2 aliphatic heterocycles. The van der Waals surface area contributed by atoms with Crippen molar-refractivity contribution >= 4 is 17.4 Å². The summed E-state index contributed by atoms with van der Waals surface area (Å²) in [6, 6.07) is 0. The van der Waals surface area contributed by atoms with Crippen LogP contribution in [-0.2, 0) is 24.1 Å². The number of fused-ring (bicyclic) bond motifs is 2. The number of ether oxygens (including phenoxy) is 2. The molecule has 3 rings (SSSR count). The van der Waals surface area contributed by atoms with E-state index in [1.54, 1.807) is 6.92 Å². The molecule has 0 atom stereocenters. The van der Waals surface area contributed by atoms with E-state index in [2.05, 4.69) is 0 Å². The van der Waals surface area contributed by atoms with Gasteiger partial charge in [-0.25, -0.2) is 0 Å². The number of hydrogen-bond donors (Lipinski definition) is 0. The van der Waals surface area contributed by atoms with Crippen LogP contribution in [0.1, 0.15) is 30.0 Å². The lowest BCUT2D eigenvalue weighted by atomic mass is 9.95. The van der Waals surface area contributed by atoms with Crippen molar-refractivity contribution < 1.29 is 14.3 Å². The van der Waals surface area contributed by atoms with Gasteiger partial charge in [0.1, 0.15) is 17.3 Å². The highest BCUT2D eigenvalue weighted by molar-refractivity contribution is 6.33. The van der Waals surface area contributed by atoms with Crippen LogP contribution in [0.15, 0.2) is 0 Å². The Kier molecular flexibility index (Phi) is 2.94. The van der Waals surface area contributed by atoms with Crippen molar-refractivity contribution in [2.24, 2.45) is 0 Å². The van der Waals surface area contributed by atoms with Gasteiger partial charge in [0.05, 0.1) is 18.2 Å². The summed E-state index contributed by atoms with van der Waals surface area (Å²) < 4.78 is 11.3.